The summed E-state index contributed by atoms with van der Waals surface area (Å²) in [5.41, 5.74) is 1.23. The minimum absolute atomic E-state index is 0.881. The fraction of sp³-hybridized carbons (Fsp3) is 0.462. The molecule has 2 rings (SSSR count). The smallest absolute Gasteiger partial charge is 0.105 e. The van der Waals surface area contributed by atoms with Crippen LogP contribution >= 0.6 is 0 Å². The van der Waals surface area contributed by atoms with Gasteiger partial charge in [-0.1, -0.05) is 6.92 Å². The van der Waals surface area contributed by atoms with E-state index in [1.54, 1.807) is 6.26 Å². The molecule has 0 saturated carbocycles. The number of hydrogen-bond acceptors (Lipinski definition) is 3. The first-order valence-corrected chi connectivity index (χ1v) is 6.12. The van der Waals surface area contributed by atoms with Gasteiger partial charge >= 0.3 is 0 Å². The second kappa shape index (κ2) is 6.25. The summed E-state index contributed by atoms with van der Waals surface area (Å²) in [6.45, 7) is 5.01. The van der Waals surface area contributed by atoms with Gasteiger partial charge in [0, 0.05) is 25.7 Å². The topological polar surface area (TPSA) is 43.0 Å². The molecule has 0 spiro atoms. The normalized spacial score (nSPS) is 10.9. The largest absolute Gasteiger partial charge is 0.469 e. The first-order chi connectivity index (χ1) is 8.40. The number of nitrogens with zero attached hydrogens (tertiary/aromatic N) is 2. The van der Waals surface area contributed by atoms with E-state index >= 15 is 0 Å². The van der Waals surface area contributed by atoms with E-state index in [2.05, 4.69) is 21.8 Å². The van der Waals surface area contributed by atoms with E-state index in [1.807, 2.05) is 24.7 Å². The van der Waals surface area contributed by atoms with Crippen LogP contribution in [-0.4, -0.2) is 16.1 Å². The lowest BCUT2D eigenvalue weighted by molar-refractivity contribution is 0.486. The van der Waals surface area contributed by atoms with Crippen LogP contribution in [-0.2, 0) is 19.5 Å². The molecule has 0 radical (unpaired) electrons. The first-order valence-electron chi connectivity index (χ1n) is 6.12. The zero-order chi connectivity index (χ0) is 11.9. The van der Waals surface area contributed by atoms with E-state index in [9.17, 15) is 0 Å². The van der Waals surface area contributed by atoms with E-state index in [4.69, 9.17) is 4.42 Å². The van der Waals surface area contributed by atoms with Crippen molar-refractivity contribution in [2.45, 2.75) is 32.9 Å². The fourth-order valence-electron chi connectivity index (χ4n) is 1.78. The van der Waals surface area contributed by atoms with Gasteiger partial charge in [-0.3, -0.25) is 0 Å². The van der Waals surface area contributed by atoms with Crippen LogP contribution in [0, 0.1) is 0 Å². The molecule has 0 aromatic carbocycles. The quantitative estimate of drug-likeness (QED) is 0.746. The van der Waals surface area contributed by atoms with E-state index < -0.39 is 0 Å². The lowest BCUT2D eigenvalue weighted by atomic mass is 10.3. The number of aryl methyl sites for hydroxylation is 2. The van der Waals surface area contributed by atoms with Crippen molar-refractivity contribution < 1.29 is 4.42 Å². The zero-order valence-electron chi connectivity index (χ0n) is 10.2. The molecule has 0 bridgehead atoms. The van der Waals surface area contributed by atoms with Gasteiger partial charge in [-0.15, -0.1) is 0 Å². The van der Waals surface area contributed by atoms with Crippen molar-refractivity contribution in [1.82, 2.24) is 14.9 Å². The minimum atomic E-state index is 0.881. The summed E-state index contributed by atoms with van der Waals surface area (Å²) in [5.74, 6) is 1.02. The van der Waals surface area contributed by atoms with Crippen molar-refractivity contribution in [3.05, 3.63) is 42.4 Å². The maximum atomic E-state index is 5.32. The number of nitrogens with one attached hydrogen (secondary N) is 1. The molecule has 0 fully saturated rings. The van der Waals surface area contributed by atoms with Gasteiger partial charge in [0.2, 0.25) is 0 Å². The third-order valence-electron chi connectivity index (χ3n) is 2.71. The highest BCUT2D eigenvalue weighted by atomic mass is 16.3. The van der Waals surface area contributed by atoms with Gasteiger partial charge in [-0.2, -0.15) is 0 Å². The Balaban J connectivity index is 1.85. The second-order valence-corrected chi connectivity index (χ2v) is 4.08. The van der Waals surface area contributed by atoms with Crippen molar-refractivity contribution in [1.29, 1.82) is 0 Å². The summed E-state index contributed by atoms with van der Waals surface area (Å²) in [5, 5.41) is 3.39. The Kier molecular flexibility index (Phi) is 4.38. The molecule has 92 valence electrons. The van der Waals surface area contributed by atoms with Gasteiger partial charge in [-0.05, 0) is 25.1 Å². The Labute approximate surface area is 102 Å². The first kappa shape index (κ1) is 11.9. The van der Waals surface area contributed by atoms with Crippen molar-refractivity contribution in [3.8, 4) is 0 Å². The molecule has 4 nitrogen and oxygen atoms in total. The van der Waals surface area contributed by atoms with Gasteiger partial charge in [0.15, 0.2) is 0 Å². The summed E-state index contributed by atoms with van der Waals surface area (Å²) in [4.78, 5) is 4.19. The van der Waals surface area contributed by atoms with Gasteiger partial charge in [0.05, 0.1) is 18.3 Å². The van der Waals surface area contributed by atoms with Gasteiger partial charge < -0.3 is 14.3 Å². The Morgan fingerprint density at radius 3 is 3.18 bits per heavy atom. The Hall–Kier alpha value is -1.55. The molecule has 0 aliphatic carbocycles. The lowest BCUT2D eigenvalue weighted by Gasteiger charge is -2.07. The lowest BCUT2D eigenvalue weighted by Crippen LogP contribution is -2.17. The molecule has 0 amide bonds. The molecule has 17 heavy (non-hydrogen) atoms. The molecule has 0 unspecified atom stereocenters. The van der Waals surface area contributed by atoms with Crippen LogP contribution in [0.4, 0.5) is 0 Å². The Morgan fingerprint density at radius 2 is 2.41 bits per heavy atom. The van der Waals surface area contributed by atoms with Crippen molar-refractivity contribution >= 4 is 0 Å². The van der Waals surface area contributed by atoms with Gasteiger partial charge in [-0.25, -0.2) is 4.98 Å². The van der Waals surface area contributed by atoms with Crippen LogP contribution in [0.1, 0.15) is 24.8 Å². The van der Waals surface area contributed by atoms with Gasteiger partial charge in [0.1, 0.15) is 5.76 Å². The summed E-state index contributed by atoms with van der Waals surface area (Å²) >= 11 is 0. The average molecular weight is 233 g/mol. The molecular weight excluding hydrogens is 214 g/mol. The van der Waals surface area contributed by atoms with Crippen LogP contribution in [0.15, 0.2) is 35.3 Å². The number of furan rings is 1. The summed E-state index contributed by atoms with van der Waals surface area (Å²) in [6.07, 6.45) is 7.58. The van der Waals surface area contributed by atoms with Crippen LogP contribution in [0.2, 0.25) is 0 Å². The average Bonchev–Trinajstić information content (AvgIpc) is 2.97. The highest BCUT2D eigenvalue weighted by Gasteiger charge is 2.02. The van der Waals surface area contributed by atoms with Crippen LogP contribution < -0.4 is 5.32 Å². The van der Waals surface area contributed by atoms with E-state index in [1.165, 1.54) is 5.69 Å². The van der Waals surface area contributed by atoms with Crippen molar-refractivity contribution in [3.63, 3.8) is 0 Å². The third-order valence-corrected chi connectivity index (χ3v) is 2.71. The Morgan fingerprint density at radius 1 is 1.47 bits per heavy atom. The summed E-state index contributed by atoms with van der Waals surface area (Å²) < 4.78 is 7.49. The molecule has 0 saturated heterocycles. The highest BCUT2D eigenvalue weighted by Crippen LogP contribution is 2.05. The van der Waals surface area contributed by atoms with Gasteiger partial charge in [0.25, 0.3) is 0 Å². The molecule has 2 aromatic rings. The van der Waals surface area contributed by atoms with E-state index in [0.717, 1.165) is 38.2 Å². The minimum Gasteiger partial charge on any atom is -0.469 e. The SMILES string of the molecule is CCCNCc1cncn1CCc1ccco1. The number of rotatable bonds is 7. The summed E-state index contributed by atoms with van der Waals surface area (Å²) in [6, 6.07) is 3.93. The predicted octanol–water partition coefficient (Wildman–Crippen LogP) is 2.22. The van der Waals surface area contributed by atoms with Crippen LogP contribution in [0.25, 0.3) is 0 Å². The third kappa shape index (κ3) is 3.46. The molecular formula is C13H19N3O. The maximum absolute atomic E-state index is 5.32. The zero-order valence-corrected chi connectivity index (χ0v) is 10.2. The fourth-order valence-corrected chi connectivity index (χ4v) is 1.78. The molecule has 1 N–H and O–H groups in total. The molecule has 0 aliphatic rings. The molecule has 0 atom stereocenters. The summed E-state index contributed by atoms with van der Waals surface area (Å²) in [7, 11) is 0. The van der Waals surface area contributed by atoms with Crippen molar-refractivity contribution in [2.24, 2.45) is 0 Å². The molecule has 4 heteroatoms. The molecule has 0 aliphatic heterocycles. The number of hydrogen-bond donors (Lipinski definition) is 1. The Bertz CT molecular complexity index is 420. The molecule has 2 aromatic heterocycles. The second-order valence-electron chi connectivity index (χ2n) is 4.08. The monoisotopic (exact) mass is 233 g/mol. The number of aromatic nitrogens is 2. The van der Waals surface area contributed by atoms with E-state index in [-0.39, 0.29) is 0 Å². The maximum Gasteiger partial charge on any atom is 0.105 e. The van der Waals surface area contributed by atoms with E-state index in [0.29, 0.717) is 0 Å². The molecule has 2 heterocycles. The predicted molar refractivity (Wildman–Crippen MR) is 66.6 cm³/mol. The van der Waals surface area contributed by atoms with Crippen LogP contribution in [0.5, 0.6) is 0 Å². The standard InChI is InChI=1S/C13H19N3O/c1-2-6-14-9-12-10-15-11-16(12)7-5-13-4-3-8-17-13/h3-4,8,10-11,14H,2,5-7,9H2,1H3. The number of imidazole rings is 1. The highest BCUT2D eigenvalue weighted by molar-refractivity contribution is 5.01. The van der Waals surface area contributed by atoms with Crippen molar-refractivity contribution in [2.75, 3.05) is 6.54 Å². The van der Waals surface area contributed by atoms with Crippen LogP contribution in [0.3, 0.4) is 0 Å².